The van der Waals surface area contributed by atoms with Crippen LogP contribution >= 0.6 is 0 Å². The number of furan rings is 1. The lowest BCUT2D eigenvalue weighted by molar-refractivity contribution is 0.108. The fourth-order valence-corrected chi connectivity index (χ4v) is 2.66. The van der Waals surface area contributed by atoms with Crippen LogP contribution in [0, 0.1) is 0 Å². The van der Waals surface area contributed by atoms with E-state index in [-0.39, 0.29) is 0 Å². The number of piperidine rings is 1. The van der Waals surface area contributed by atoms with Crippen LogP contribution in [0.2, 0.25) is 0 Å². The Balaban J connectivity index is 1.73. The lowest BCUT2D eigenvalue weighted by Gasteiger charge is -2.33. The Bertz CT molecular complexity index is 507. The van der Waals surface area contributed by atoms with Crippen molar-refractivity contribution in [2.75, 3.05) is 6.54 Å². The van der Waals surface area contributed by atoms with Crippen LogP contribution in [0.15, 0.2) is 27.3 Å². The van der Waals surface area contributed by atoms with E-state index in [0.717, 1.165) is 31.0 Å². The van der Waals surface area contributed by atoms with Gasteiger partial charge in [-0.3, -0.25) is 4.90 Å². The standard InChI is InChI=1S/C14H19N3O2/c1-2-13-15-14(19-16-13)10-17-8-4-3-6-11(17)12-7-5-9-18-12/h5,7,9,11H,2-4,6,8,10H2,1H3/t11-/m0/s1. The molecule has 3 rings (SSSR count). The van der Waals surface area contributed by atoms with Gasteiger partial charge in [0.1, 0.15) is 5.76 Å². The second-order valence-corrected chi connectivity index (χ2v) is 4.96. The molecule has 0 radical (unpaired) electrons. The monoisotopic (exact) mass is 261 g/mol. The molecule has 19 heavy (non-hydrogen) atoms. The summed E-state index contributed by atoms with van der Waals surface area (Å²) in [5, 5.41) is 3.95. The van der Waals surface area contributed by atoms with Crippen LogP contribution in [0.3, 0.4) is 0 Å². The molecule has 0 aromatic carbocycles. The summed E-state index contributed by atoms with van der Waals surface area (Å²) in [5.41, 5.74) is 0. The van der Waals surface area contributed by atoms with Crippen molar-refractivity contribution in [1.29, 1.82) is 0 Å². The summed E-state index contributed by atoms with van der Waals surface area (Å²) in [6.07, 6.45) is 6.13. The molecule has 0 unspecified atom stereocenters. The molecule has 1 aliphatic heterocycles. The van der Waals surface area contributed by atoms with E-state index < -0.39 is 0 Å². The average Bonchev–Trinajstić information content (AvgIpc) is 3.10. The molecule has 0 spiro atoms. The summed E-state index contributed by atoms with van der Waals surface area (Å²) in [5.74, 6) is 2.52. The molecule has 3 heterocycles. The second-order valence-electron chi connectivity index (χ2n) is 4.96. The molecule has 0 amide bonds. The minimum Gasteiger partial charge on any atom is -0.468 e. The number of likely N-dealkylation sites (tertiary alicyclic amines) is 1. The number of aryl methyl sites for hydroxylation is 1. The van der Waals surface area contributed by atoms with Crippen molar-refractivity contribution in [3.63, 3.8) is 0 Å². The molecule has 1 aliphatic rings. The van der Waals surface area contributed by atoms with Gasteiger partial charge in [0.15, 0.2) is 5.82 Å². The number of nitrogens with zero attached hydrogens (tertiary/aromatic N) is 3. The first-order valence-electron chi connectivity index (χ1n) is 6.95. The summed E-state index contributed by atoms with van der Waals surface area (Å²) >= 11 is 0. The maximum absolute atomic E-state index is 5.56. The van der Waals surface area contributed by atoms with E-state index in [1.54, 1.807) is 6.26 Å². The van der Waals surface area contributed by atoms with Crippen molar-refractivity contribution in [2.45, 2.75) is 45.2 Å². The highest BCUT2D eigenvalue weighted by atomic mass is 16.5. The first kappa shape index (κ1) is 12.4. The predicted molar refractivity (Wildman–Crippen MR) is 69.4 cm³/mol. The van der Waals surface area contributed by atoms with Crippen LogP contribution in [0.5, 0.6) is 0 Å². The lowest BCUT2D eigenvalue weighted by atomic mass is 10.00. The highest BCUT2D eigenvalue weighted by molar-refractivity contribution is 5.06. The van der Waals surface area contributed by atoms with Gasteiger partial charge >= 0.3 is 0 Å². The molecule has 1 atom stereocenters. The Kier molecular flexibility index (Phi) is 3.64. The summed E-state index contributed by atoms with van der Waals surface area (Å²) in [6.45, 7) is 3.79. The van der Waals surface area contributed by atoms with Crippen molar-refractivity contribution in [1.82, 2.24) is 15.0 Å². The van der Waals surface area contributed by atoms with Crippen LogP contribution < -0.4 is 0 Å². The van der Waals surface area contributed by atoms with Gasteiger partial charge in [0, 0.05) is 6.42 Å². The van der Waals surface area contributed by atoms with Gasteiger partial charge in [0.2, 0.25) is 5.89 Å². The van der Waals surface area contributed by atoms with Crippen LogP contribution in [-0.2, 0) is 13.0 Å². The van der Waals surface area contributed by atoms with Crippen molar-refractivity contribution >= 4 is 0 Å². The number of rotatable bonds is 4. The van der Waals surface area contributed by atoms with Crippen molar-refractivity contribution in [2.24, 2.45) is 0 Å². The summed E-state index contributed by atoms with van der Waals surface area (Å²) < 4.78 is 10.8. The molecule has 102 valence electrons. The van der Waals surface area contributed by atoms with Crippen LogP contribution in [0.25, 0.3) is 0 Å². The van der Waals surface area contributed by atoms with Gasteiger partial charge in [-0.1, -0.05) is 18.5 Å². The highest BCUT2D eigenvalue weighted by Gasteiger charge is 2.27. The molecular formula is C14H19N3O2. The number of aromatic nitrogens is 2. The Morgan fingerprint density at radius 2 is 2.37 bits per heavy atom. The van der Waals surface area contributed by atoms with Gasteiger partial charge in [-0.25, -0.2) is 0 Å². The van der Waals surface area contributed by atoms with Crippen molar-refractivity contribution in [3.8, 4) is 0 Å². The average molecular weight is 261 g/mol. The van der Waals surface area contributed by atoms with Crippen LogP contribution in [0.4, 0.5) is 0 Å². The quantitative estimate of drug-likeness (QED) is 0.847. The second kappa shape index (κ2) is 5.57. The maximum Gasteiger partial charge on any atom is 0.240 e. The third-order valence-electron chi connectivity index (χ3n) is 3.65. The Labute approximate surface area is 112 Å². The molecular weight excluding hydrogens is 242 g/mol. The van der Waals surface area contributed by atoms with E-state index in [1.165, 1.54) is 12.8 Å². The summed E-state index contributed by atoms with van der Waals surface area (Å²) in [6, 6.07) is 4.33. The van der Waals surface area contributed by atoms with Gasteiger partial charge in [-0.05, 0) is 31.5 Å². The van der Waals surface area contributed by atoms with Crippen LogP contribution in [-0.4, -0.2) is 21.6 Å². The molecule has 2 aromatic rings. The molecule has 1 fully saturated rings. The van der Waals surface area contributed by atoms with E-state index >= 15 is 0 Å². The fraction of sp³-hybridized carbons (Fsp3) is 0.571. The van der Waals surface area contributed by atoms with Crippen molar-refractivity contribution in [3.05, 3.63) is 35.9 Å². The van der Waals surface area contributed by atoms with Gasteiger partial charge in [0.05, 0.1) is 18.8 Å². The molecule has 2 aromatic heterocycles. The molecule has 5 heteroatoms. The molecule has 0 bridgehead atoms. The highest BCUT2D eigenvalue weighted by Crippen LogP contribution is 2.32. The van der Waals surface area contributed by atoms with E-state index in [2.05, 4.69) is 15.0 Å². The zero-order valence-electron chi connectivity index (χ0n) is 11.2. The molecule has 0 N–H and O–H groups in total. The molecule has 1 saturated heterocycles. The largest absolute Gasteiger partial charge is 0.468 e. The van der Waals surface area contributed by atoms with Crippen LogP contribution in [0.1, 0.15) is 49.7 Å². The fourth-order valence-electron chi connectivity index (χ4n) is 2.66. The summed E-state index contributed by atoms with van der Waals surface area (Å²) in [7, 11) is 0. The predicted octanol–water partition coefficient (Wildman–Crippen LogP) is 2.95. The topological polar surface area (TPSA) is 55.3 Å². The van der Waals surface area contributed by atoms with Gasteiger partial charge in [-0.2, -0.15) is 4.98 Å². The minimum absolute atomic E-state index is 0.334. The van der Waals surface area contributed by atoms with E-state index in [9.17, 15) is 0 Å². The van der Waals surface area contributed by atoms with E-state index in [1.807, 2.05) is 19.1 Å². The number of hydrogen-bond acceptors (Lipinski definition) is 5. The van der Waals surface area contributed by atoms with Gasteiger partial charge < -0.3 is 8.94 Å². The zero-order chi connectivity index (χ0) is 13.1. The van der Waals surface area contributed by atoms with Gasteiger partial charge in [-0.15, -0.1) is 0 Å². The Morgan fingerprint density at radius 1 is 1.42 bits per heavy atom. The smallest absolute Gasteiger partial charge is 0.240 e. The normalized spacial score (nSPS) is 20.8. The van der Waals surface area contributed by atoms with E-state index in [4.69, 9.17) is 8.94 Å². The summed E-state index contributed by atoms with van der Waals surface area (Å²) in [4.78, 5) is 6.76. The Hall–Kier alpha value is -1.62. The third kappa shape index (κ3) is 2.71. The Morgan fingerprint density at radius 3 is 3.11 bits per heavy atom. The molecule has 0 saturated carbocycles. The first-order valence-corrected chi connectivity index (χ1v) is 6.95. The van der Waals surface area contributed by atoms with Crippen molar-refractivity contribution < 1.29 is 8.94 Å². The third-order valence-corrected chi connectivity index (χ3v) is 3.65. The minimum atomic E-state index is 0.334. The molecule has 5 nitrogen and oxygen atoms in total. The number of hydrogen-bond donors (Lipinski definition) is 0. The molecule has 0 aliphatic carbocycles. The lowest BCUT2D eigenvalue weighted by Crippen LogP contribution is -2.32. The first-order chi connectivity index (χ1) is 9.36. The van der Waals surface area contributed by atoms with Gasteiger partial charge in [0.25, 0.3) is 0 Å². The van der Waals surface area contributed by atoms with E-state index in [0.29, 0.717) is 18.5 Å². The zero-order valence-corrected chi connectivity index (χ0v) is 11.2. The SMILES string of the molecule is CCc1noc(CN2CCCC[C@H]2c2ccco2)n1. The maximum atomic E-state index is 5.56.